The van der Waals surface area contributed by atoms with Crippen molar-refractivity contribution in [2.24, 2.45) is 0 Å². The van der Waals surface area contributed by atoms with Gasteiger partial charge in [0.1, 0.15) is 24.2 Å². The Labute approximate surface area is 293 Å². The fraction of sp³-hybridized carbons (Fsp3) is 0.323. The summed E-state index contributed by atoms with van der Waals surface area (Å²) in [5.41, 5.74) is 1.42. The Bertz CT molecular complexity index is 1530. The molecule has 52 heavy (non-hydrogen) atoms. The highest BCUT2D eigenvalue weighted by atomic mass is 16.4. The van der Waals surface area contributed by atoms with Gasteiger partial charge in [-0.2, -0.15) is 0 Å². The molecule has 0 aliphatic heterocycles. The van der Waals surface area contributed by atoms with E-state index in [-0.39, 0.29) is 12.8 Å². The Kier molecular flexibility index (Phi) is 15.8. The molecule has 6 amide bonds. The maximum Gasteiger partial charge on any atom is 0.326 e. The molecule has 2 rings (SSSR count). The first kappa shape index (κ1) is 41.2. The average Bonchev–Trinajstić information content (AvgIpc) is 3.05. The number of rotatable bonds is 20. The van der Waals surface area contributed by atoms with E-state index in [0.717, 1.165) is 0 Å². The van der Waals surface area contributed by atoms with Crippen molar-refractivity contribution in [1.82, 2.24) is 21.3 Å². The fourth-order valence-electron chi connectivity index (χ4n) is 4.38. The monoisotopic (exact) mass is 732 g/mol. The van der Waals surface area contributed by atoms with E-state index in [4.69, 9.17) is 10.2 Å². The van der Waals surface area contributed by atoms with E-state index < -0.39 is 104 Å². The van der Waals surface area contributed by atoms with E-state index >= 15 is 0 Å². The highest BCUT2D eigenvalue weighted by Gasteiger charge is 2.27. The van der Waals surface area contributed by atoms with Crippen molar-refractivity contribution in [1.29, 1.82) is 0 Å². The molecule has 21 nitrogen and oxygen atoms in total. The summed E-state index contributed by atoms with van der Waals surface area (Å²) < 4.78 is 0. The van der Waals surface area contributed by atoms with Gasteiger partial charge in [0.05, 0.1) is 0 Å². The third kappa shape index (κ3) is 15.1. The Morgan fingerprint density at radius 2 is 0.712 bits per heavy atom. The van der Waals surface area contributed by atoms with Crippen LogP contribution in [-0.4, -0.2) is 109 Å². The van der Waals surface area contributed by atoms with Gasteiger partial charge in [0.2, 0.25) is 0 Å². The summed E-state index contributed by atoms with van der Waals surface area (Å²) in [7, 11) is 0. The number of carboxylic acids is 6. The lowest BCUT2D eigenvalue weighted by molar-refractivity contribution is -0.142. The third-order valence-corrected chi connectivity index (χ3v) is 7.01. The molecule has 0 radical (unpaired) electrons. The van der Waals surface area contributed by atoms with Crippen molar-refractivity contribution in [3.05, 3.63) is 59.7 Å². The first-order valence-electron chi connectivity index (χ1n) is 15.2. The first-order valence-corrected chi connectivity index (χ1v) is 15.2. The summed E-state index contributed by atoms with van der Waals surface area (Å²) >= 11 is 0. The molecule has 4 unspecified atom stereocenters. The number of urea groups is 3. The van der Waals surface area contributed by atoms with Crippen LogP contribution in [0.25, 0.3) is 0 Å². The van der Waals surface area contributed by atoms with Crippen LogP contribution in [-0.2, 0) is 41.6 Å². The summed E-state index contributed by atoms with van der Waals surface area (Å²) in [6.07, 6.45) is -2.38. The second-order valence-electron chi connectivity index (χ2n) is 11.0. The van der Waals surface area contributed by atoms with Crippen molar-refractivity contribution >= 4 is 65.3 Å². The van der Waals surface area contributed by atoms with Crippen molar-refractivity contribution in [2.75, 3.05) is 10.6 Å². The molecule has 0 saturated heterocycles. The zero-order chi connectivity index (χ0) is 39.0. The van der Waals surface area contributed by atoms with E-state index in [2.05, 4.69) is 21.3 Å². The van der Waals surface area contributed by atoms with Gasteiger partial charge in [-0.1, -0.05) is 24.3 Å². The molecule has 0 aromatic heterocycles. The quantitative estimate of drug-likeness (QED) is 0.0884. The Morgan fingerprint density at radius 1 is 0.423 bits per heavy atom. The minimum atomic E-state index is -1.56. The number of hydrogen-bond donors (Lipinski definition) is 12. The smallest absolute Gasteiger partial charge is 0.326 e. The fourth-order valence-corrected chi connectivity index (χ4v) is 4.38. The average molecular weight is 733 g/mol. The molecule has 0 aliphatic carbocycles. The number of hydrogen-bond acceptors (Lipinski definition) is 9. The topological polar surface area (TPSA) is 347 Å². The molecule has 280 valence electrons. The van der Waals surface area contributed by atoms with Crippen molar-refractivity contribution in [3.8, 4) is 0 Å². The second-order valence-corrected chi connectivity index (χ2v) is 11.0. The number of carbonyl (C=O) groups excluding carboxylic acids is 3. The number of nitrogens with one attached hydrogen (secondary N) is 6. The van der Waals surface area contributed by atoms with Crippen LogP contribution in [0.5, 0.6) is 0 Å². The molecule has 2 aromatic carbocycles. The summed E-state index contributed by atoms with van der Waals surface area (Å²) in [5, 5.41) is 68.3. The van der Waals surface area contributed by atoms with Gasteiger partial charge in [0.15, 0.2) is 0 Å². The van der Waals surface area contributed by atoms with Crippen molar-refractivity contribution in [3.63, 3.8) is 0 Å². The van der Waals surface area contributed by atoms with E-state index in [9.17, 15) is 63.6 Å². The highest BCUT2D eigenvalue weighted by Crippen LogP contribution is 2.15. The second kappa shape index (κ2) is 19.9. The largest absolute Gasteiger partial charge is 0.481 e. The molecule has 4 atom stereocenters. The van der Waals surface area contributed by atoms with Gasteiger partial charge < -0.3 is 62.5 Å². The van der Waals surface area contributed by atoms with E-state index in [1.807, 2.05) is 10.6 Å². The Morgan fingerprint density at radius 3 is 0.981 bits per heavy atom. The SMILES string of the molecule is O=C(O)CCC(NC(=O)NC(Cc1ccc(NC(=O)Nc2ccc(CC(NC(=O)NC(CCC(=O)O)C(=O)O)C(=O)O)cc2)cc1)C(=O)O)C(=O)O. The minimum absolute atomic E-state index is 0.229. The van der Waals surface area contributed by atoms with Crippen LogP contribution < -0.4 is 31.9 Å². The van der Waals surface area contributed by atoms with Crippen LogP contribution in [0.15, 0.2) is 48.5 Å². The molecule has 12 N–H and O–H groups in total. The Balaban J connectivity index is 1.92. The Hall–Kier alpha value is -6.93. The van der Waals surface area contributed by atoms with E-state index in [1.165, 1.54) is 48.5 Å². The van der Waals surface area contributed by atoms with Gasteiger partial charge in [0.25, 0.3) is 0 Å². The lowest BCUT2D eigenvalue weighted by atomic mass is 10.1. The maximum absolute atomic E-state index is 12.5. The van der Waals surface area contributed by atoms with Crippen LogP contribution in [0.3, 0.4) is 0 Å². The van der Waals surface area contributed by atoms with Crippen LogP contribution in [0.4, 0.5) is 25.8 Å². The number of carbonyl (C=O) groups is 9. The molecular weight excluding hydrogens is 696 g/mol. The van der Waals surface area contributed by atoms with Gasteiger partial charge in [-0.3, -0.25) is 9.59 Å². The van der Waals surface area contributed by atoms with Crippen LogP contribution in [0, 0.1) is 0 Å². The maximum atomic E-state index is 12.5. The van der Waals surface area contributed by atoms with E-state index in [0.29, 0.717) is 22.5 Å². The summed E-state index contributed by atoms with van der Waals surface area (Å²) in [5.74, 6) is -8.42. The molecular formula is C31H36N6O15. The normalized spacial score (nSPS) is 12.8. The first-order chi connectivity index (χ1) is 24.4. The summed E-state index contributed by atoms with van der Waals surface area (Å²) in [4.78, 5) is 104. The zero-order valence-corrected chi connectivity index (χ0v) is 27.0. The highest BCUT2D eigenvalue weighted by molar-refractivity contribution is 5.99. The molecule has 0 spiro atoms. The summed E-state index contributed by atoms with van der Waals surface area (Å²) in [6.45, 7) is 0. The molecule has 21 heteroatoms. The van der Waals surface area contributed by atoms with Gasteiger partial charge in [-0.25, -0.2) is 33.6 Å². The number of benzene rings is 2. The lowest BCUT2D eigenvalue weighted by Gasteiger charge is -2.18. The number of aliphatic carboxylic acids is 6. The number of amides is 6. The third-order valence-electron chi connectivity index (χ3n) is 7.01. The molecule has 2 aromatic rings. The van der Waals surface area contributed by atoms with Gasteiger partial charge in [-0.15, -0.1) is 0 Å². The standard InChI is InChI=1S/C31H36N6O15/c38-23(39)11-9-19(25(42)43)34-30(51)36-21(27(46)47)13-15-1-5-17(6-2-15)32-29(50)33-18-7-3-16(4-8-18)14-22(28(48)49)37-31(52)35-20(26(44)45)10-12-24(40)41/h1-8,19-22H,9-14H2,(H,38,39)(H,40,41)(H,42,43)(H,44,45)(H,46,47)(H,48,49)(H2,32,33,50)(H2,34,36,51)(H2,35,37,52). The van der Waals surface area contributed by atoms with Crippen molar-refractivity contribution in [2.45, 2.75) is 62.7 Å². The lowest BCUT2D eigenvalue weighted by Crippen LogP contribution is -2.51. The van der Waals surface area contributed by atoms with Gasteiger partial charge in [-0.05, 0) is 48.2 Å². The zero-order valence-electron chi connectivity index (χ0n) is 27.0. The van der Waals surface area contributed by atoms with Crippen LogP contribution in [0.1, 0.15) is 36.8 Å². The molecule has 0 aliphatic rings. The molecule has 0 fully saturated rings. The van der Waals surface area contributed by atoms with E-state index in [1.54, 1.807) is 0 Å². The van der Waals surface area contributed by atoms with Crippen molar-refractivity contribution < 1.29 is 73.8 Å². The summed E-state index contributed by atoms with van der Waals surface area (Å²) in [6, 6.07) is 2.63. The molecule has 0 bridgehead atoms. The predicted molar refractivity (Wildman–Crippen MR) is 176 cm³/mol. The van der Waals surface area contributed by atoms with Gasteiger partial charge >= 0.3 is 53.9 Å². The predicted octanol–water partition coefficient (Wildman–Crippen LogP) is 0.556. The molecule has 0 saturated carbocycles. The molecule has 0 heterocycles. The number of anilines is 2. The van der Waals surface area contributed by atoms with Crippen LogP contribution in [0.2, 0.25) is 0 Å². The minimum Gasteiger partial charge on any atom is -0.481 e. The van der Waals surface area contributed by atoms with Crippen LogP contribution >= 0.6 is 0 Å². The number of carboxylic acid groups (broad SMARTS) is 6. The van der Waals surface area contributed by atoms with Gasteiger partial charge in [0, 0.05) is 37.1 Å².